The van der Waals surface area contributed by atoms with Crippen molar-refractivity contribution in [3.8, 4) is 0 Å². The van der Waals surface area contributed by atoms with Crippen LogP contribution in [0.5, 0.6) is 0 Å². The third kappa shape index (κ3) is 5.79. The summed E-state index contributed by atoms with van der Waals surface area (Å²) in [6.45, 7) is -0.716. The fraction of sp³-hybridized carbons (Fsp3) is 0.385. The summed E-state index contributed by atoms with van der Waals surface area (Å²) in [5.74, 6) is -2.22. The molecule has 0 spiro atoms. The second kappa shape index (κ2) is 8.26. The maximum atomic E-state index is 10.8. The van der Waals surface area contributed by atoms with Gasteiger partial charge in [0, 0.05) is 12.6 Å². The number of carboxylic acids is 2. The standard InChI is InChI=1S/C13H18N2O5/c16-12(17)8-15(9-13(18)19)11(7-14-20)6-10-4-2-1-3-5-10/h1-5,11,14,20H,6-9H2,(H,16,17)(H,18,19). The van der Waals surface area contributed by atoms with Crippen molar-refractivity contribution >= 4 is 11.9 Å². The lowest BCUT2D eigenvalue weighted by Gasteiger charge is -2.28. The lowest BCUT2D eigenvalue weighted by atomic mass is 10.0. The molecule has 0 aliphatic heterocycles. The number of carboxylic acid groups (broad SMARTS) is 2. The zero-order valence-corrected chi connectivity index (χ0v) is 10.9. The summed E-state index contributed by atoms with van der Waals surface area (Å²) in [4.78, 5) is 23.0. The number of hydroxylamine groups is 1. The van der Waals surface area contributed by atoms with Crippen LogP contribution in [0.1, 0.15) is 5.56 Å². The minimum absolute atomic E-state index is 0.0788. The molecule has 20 heavy (non-hydrogen) atoms. The monoisotopic (exact) mass is 282 g/mol. The molecule has 0 bridgehead atoms. The molecule has 1 unspecified atom stereocenters. The molecular weight excluding hydrogens is 264 g/mol. The second-order valence-corrected chi connectivity index (χ2v) is 4.40. The van der Waals surface area contributed by atoms with Crippen LogP contribution in [0.25, 0.3) is 0 Å². The van der Waals surface area contributed by atoms with Gasteiger partial charge in [-0.15, -0.1) is 0 Å². The van der Waals surface area contributed by atoms with Crippen LogP contribution < -0.4 is 5.48 Å². The van der Waals surface area contributed by atoms with Crippen LogP contribution in [-0.4, -0.2) is 57.9 Å². The zero-order valence-electron chi connectivity index (χ0n) is 10.9. The van der Waals surface area contributed by atoms with Gasteiger partial charge in [-0.1, -0.05) is 30.3 Å². The van der Waals surface area contributed by atoms with Gasteiger partial charge in [0.25, 0.3) is 0 Å². The quantitative estimate of drug-likeness (QED) is 0.474. The van der Waals surface area contributed by atoms with E-state index in [4.69, 9.17) is 15.4 Å². The van der Waals surface area contributed by atoms with Gasteiger partial charge in [0.1, 0.15) is 0 Å². The molecule has 0 aliphatic rings. The van der Waals surface area contributed by atoms with Crippen molar-refractivity contribution in [3.05, 3.63) is 35.9 Å². The van der Waals surface area contributed by atoms with Crippen molar-refractivity contribution in [2.75, 3.05) is 19.6 Å². The summed E-state index contributed by atoms with van der Waals surface area (Å²) in [6, 6.07) is 8.84. The Labute approximate surface area is 116 Å². The van der Waals surface area contributed by atoms with E-state index < -0.39 is 31.1 Å². The molecular formula is C13H18N2O5. The summed E-state index contributed by atoms with van der Waals surface area (Å²) >= 11 is 0. The van der Waals surface area contributed by atoms with Crippen LogP contribution in [-0.2, 0) is 16.0 Å². The predicted octanol–water partition coefficient (Wildman–Crippen LogP) is 0.0477. The molecule has 0 saturated heterocycles. The van der Waals surface area contributed by atoms with E-state index in [2.05, 4.69) is 0 Å². The van der Waals surface area contributed by atoms with Crippen molar-refractivity contribution in [2.24, 2.45) is 0 Å². The smallest absolute Gasteiger partial charge is 0.317 e. The molecule has 1 aromatic carbocycles. The normalized spacial score (nSPS) is 12.3. The van der Waals surface area contributed by atoms with Gasteiger partial charge in [0.2, 0.25) is 0 Å². The highest BCUT2D eigenvalue weighted by molar-refractivity contribution is 5.72. The van der Waals surface area contributed by atoms with Crippen molar-refractivity contribution in [1.82, 2.24) is 10.4 Å². The summed E-state index contributed by atoms with van der Waals surface area (Å²) in [5.41, 5.74) is 2.93. The van der Waals surface area contributed by atoms with Gasteiger partial charge in [0.05, 0.1) is 13.1 Å². The molecule has 0 saturated carbocycles. The molecule has 1 atom stereocenters. The second-order valence-electron chi connectivity index (χ2n) is 4.40. The zero-order chi connectivity index (χ0) is 15.0. The van der Waals surface area contributed by atoms with E-state index in [0.717, 1.165) is 5.56 Å². The first-order chi connectivity index (χ1) is 9.52. The maximum absolute atomic E-state index is 10.8. The van der Waals surface area contributed by atoms with Crippen LogP contribution in [0.3, 0.4) is 0 Å². The van der Waals surface area contributed by atoms with Gasteiger partial charge in [-0.05, 0) is 12.0 Å². The van der Waals surface area contributed by atoms with E-state index >= 15 is 0 Å². The minimum atomic E-state index is -1.11. The summed E-state index contributed by atoms with van der Waals surface area (Å²) in [7, 11) is 0. The van der Waals surface area contributed by atoms with E-state index in [1.165, 1.54) is 4.90 Å². The average Bonchev–Trinajstić information content (AvgIpc) is 2.37. The van der Waals surface area contributed by atoms with E-state index in [0.29, 0.717) is 6.42 Å². The Bertz CT molecular complexity index is 422. The number of carbonyl (C=O) groups is 2. The Kier molecular flexibility index (Phi) is 6.65. The number of nitrogens with zero attached hydrogens (tertiary/aromatic N) is 1. The van der Waals surface area contributed by atoms with Crippen molar-refractivity contribution in [1.29, 1.82) is 0 Å². The SMILES string of the molecule is O=C(O)CN(CC(=O)O)C(CNO)Cc1ccccc1. The van der Waals surface area contributed by atoms with Crippen LogP contribution in [0.15, 0.2) is 30.3 Å². The third-order valence-electron chi connectivity index (χ3n) is 2.83. The molecule has 7 heteroatoms. The molecule has 0 radical (unpaired) electrons. The number of hydrogen-bond donors (Lipinski definition) is 4. The van der Waals surface area contributed by atoms with Crippen LogP contribution in [0, 0.1) is 0 Å². The first kappa shape index (κ1) is 16.1. The van der Waals surface area contributed by atoms with Gasteiger partial charge < -0.3 is 15.4 Å². The topological polar surface area (TPSA) is 110 Å². The van der Waals surface area contributed by atoms with Gasteiger partial charge in [-0.3, -0.25) is 14.5 Å². The summed E-state index contributed by atoms with van der Waals surface area (Å²) < 4.78 is 0. The molecule has 0 aliphatic carbocycles. The van der Waals surface area contributed by atoms with Crippen LogP contribution in [0.2, 0.25) is 0 Å². The predicted molar refractivity (Wildman–Crippen MR) is 70.6 cm³/mol. The summed E-state index contributed by atoms with van der Waals surface area (Å²) in [5, 5.41) is 26.6. The molecule has 0 aromatic heterocycles. The highest BCUT2D eigenvalue weighted by Crippen LogP contribution is 2.09. The number of benzene rings is 1. The molecule has 1 aromatic rings. The highest BCUT2D eigenvalue weighted by Gasteiger charge is 2.23. The Morgan fingerprint density at radius 3 is 2.10 bits per heavy atom. The van der Waals surface area contributed by atoms with Gasteiger partial charge >= 0.3 is 11.9 Å². The van der Waals surface area contributed by atoms with Crippen molar-refractivity contribution in [2.45, 2.75) is 12.5 Å². The Morgan fingerprint density at radius 1 is 1.10 bits per heavy atom. The average molecular weight is 282 g/mol. The van der Waals surface area contributed by atoms with Crippen molar-refractivity contribution < 1.29 is 25.0 Å². The number of rotatable bonds is 9. The number of hydrogen-bond acceptors (Lipinski definition) is 5. The van der Waals surface area contributed by atoms with Gasteiger partial charge in [-0.2, -0.15) is 0 Å². The molecule has 1 rings (SSSR count). The fourth-order valence-corrected chi connectivity index (χ4v) is 1.98. The molecule has 4 N–H and O–H groups in total. The van der Waals surface area contributed by atoms with E-state index in [9.17, 15) is 9.59 Å². The third-order valence-corrected chi connectivity index (χ3v) is 2.83. The minimum Gasteiger partial charge on any atom is -0.480 e. The van der Waals surface area contributed by atoms with E-state index in [1.54, 1.807) is 0 Å². The van der Waals surface area contributed by atoms with Gasteiger partial charge in [-0.25, -0.2) is 5.48 Å². The highest BCUT2D eigenvalue weighted by atomic mass is 16.5. The molecule has 7 nitrogen and oxygen atoms in total. The first-order valence-corrected chi connectivity index (χ1v) is 6.11. The lowest BCUT2D eigenvalue weighted by molar-refractivity contribution is -0.143. The van der Waals surface area contributed by atoms with E-state index in [-0.39, 0.29) is 6.54 Å². The number of aliphatic carboxylic acids is 2. The Balaban J connectivity index is 2.82. The van der Waals surface area contributed by atoms with Crippen LogP contribution >= 0.6 is 0 Å². The molecule has 110 valence electrons. The molecule has 0 fully saturated rings. The first-order valence-electron chi connectivity index (χ1n) is 6.11. The fourth-order valence-electron chi connectivity index (χ4n) is 1.98. The number of nitrogens with one attached hydrogen (secondary N) is 1. The Hall–Kier alpha value is -1.96. The lowest BCUT2D eigenvalue weighted by Crippen LogP contribution is -2.47. The molecule has 0 heterocycles. The Morgan fingerprint density at radius 2 is 1.65 bits per heavy atom. The summed E-state index contributed by atoms with van der Waals surface area (Å²) in [6.07, 6.45) is 0.439. The van der Waals surface area contributed by atoms with Crippen LogP contribution in [0.4, 0.5) is 0 Å². The van der Waals surface area contributed by atoms with Gasteiger partial charge in [0.15, 0.2) is 0 Å². The van der Waals surface area contributed by atoms with E-state index in [1.807, 2.05) is 35.8 Å². The molecule has 0 amide bonds. The van der Waals surface area contributed by atoms with Crippen molar-refractivity contribution in [3.63, 3.8) is 0 Å². The largest absolute Gasteiger partial charge is 0.480 e. The maximum Gasteiger partial charge on any atom is 0.317 e.